The smallest absolute Gasteiger partial charge is 0.338 e. The maximum atomic E-state index is 11.7. The van der Waals surface area contributed by atoms with Crippen molar-refractivity contribution in [2.45, 2.75) is 13.8 Å². The number of anilines is 2. The van der Waals surface area contributed by atoms with E-state index < -0.39 is 0 Å². The van der Waals surface area contributed by atoms with Gasteiger partial charge in [-0.25, -0.2) is 9.78 Å². The third-order valence-electron chi connectivity index (χ3n) is 2.57. The summed E-state index contributed by atoms with van der Waals surface area (Å²) in [5.74, 6) is 0.302. The molecule has 5 nitrogen and oxygen atoms in total. The number of benzene rings is 1. The first-order chi connectivity index (χ1) is 9.20. The van der Waals surface area contributed by atoms with Crippen LogP contribution in [-0.2, 0) is 4.74 Å². The van der Waals surface area contributed by atoms with E-state index in [0.717, 1.165) is 11.3 Å². The second kappa shape index (κ2) is 5.95. The summed E-state index contributed by atoms with van der Waals surface area (Å²) in [6, 6.07) is 5.36. The van der Waals surface area contributed by atoms with Gasteiger partial charge in [0.05, 0.1) is 18.4 Å². The minimum atomic E-state index is -0.329. The Kier molecular flexibility index (Phi) is 4.07. The Morgan fingerprint density at radius 3 is 2.89 bits per heavy atom. The number of nitrogens with one attached hydrogen (secondary N) is 1. The van der Waals surface area contributed by atoms with Crippen LogP contribution in [0.3, 0.4) is 0 Å². The fourth-order valence-corrected chi connectivity index (χ4v) is 1.60. The second-order valence-electron chi connectivity index (χ2n) is 3.97. The molecule has 1 N–H and O–H groups in total. The molecule has 0 atom stereocenters. The van der Waals surface area contributed by atoms with Crippen LogP contribution in [0.1, 0.15) is 22.8 Å². The first-order valence-electron chi connectivity index (χ1n) is 6.01. The van der Waals surface area contributed by atoms with Crippen molar-refractivity contribution >= 4 is 17.5 Å². The Morgan fingerprint density at radius 1 is 1.37 bits per heavy atom. The normalized spacial score (nSPS) is 10.0. The Morgan fingerprint density at radius 2 is 2.21 bits per heavy atom. The van der Waals surface area contributed by atoms with Crippen molar-refractivity contribution < 1.29 is 9.53 Å². The summed E-state index contributed by atoms with van der Waals surface area (Å²) >= 11 is 0. The summed E-state index contributed by atoms with van der Waals surface area (Å²) in [5, 5.41) is 3.13. The molecule has 0 fully saturated rings. The van der Waals surface area contributed by atoms with Crippen LogP contribution in [0.25, 0.3) is 0 Å². The number of carbonyl (C=O) groups excluding carboxylic acids is 1. The predicted octanol–water partition coefficient (Wildman–Crippen LogP) is 2.71. The molecule has 98 valence electrons. The predicted molar refractivity (Wildman–Crippen MR) is 72.5 cm³/mol. The van der Waals surface area contributed by atoms with Gasteiger partial charge in [-0.05, 0) is 31.5 Å². The molecule has 1 aromatic carbocycles. The number of aromatic nitrogens is 2. The van der Waals surface area contributed by atoms with Crippen molar-refractivity contribution in [2.75, 3.05) is 11.9 Å². The van der Waals surface area contributed by atoms with Crippen molar-refractivity contribution in [1.82, 2.24) is 9.97 Å². The molecule has 0 bridgehead atoms. The molecule has 0 radical (unpaired) electrons. The molecular formula is C14H15N3O2. The highest BCUT2D eigenvalue weighted by molar-refractivity contribution is 5.91. The Hall–Kier alpha value is -2.43. The molecule has 1 heterocycles. The molecule has 0 saturated heterocycles. The molecule has 2 rings (SSSR count). The van der Waals surface area contributed by atoms with Gasteiger partial charge in [0.25, 0.3) is 0 Å². The molecule has 0 aliphatic heterocycles. The number of hydrogen-bond donors (Lipinski definition) is 1. The zero-order valence-electron chi connectivity index (χ0n) is 10.9. The highest BCUT2D eigenvalue weighted by Gasteiger charge is 2.09. The first kappa shape index (κ1) is 13.0. The number of ether oxygens (including phenoxy) is 1. The van der Waals surface area contributed by atoms with Gasteiger partial charge >= 0.3 is 5.97 Å². The van der Waals surface area contributed by atoms with Crippen molar-refractivity contribution in [2.24, 2.45) is 0 Å². The summed E-state index contributed by atoms with van der Waals surface area (Å²) in [6.45, 7) is 4.10. The molecule has 0 amide bonds. The van der Waals surface area contributed by atoms with E-state index in [4.69, 9.17) is 4.74 Å². The fourth-order valence-electron chi connectivity index (χ4n) is 1.60. The largest absolute Gasteiger partial charge is 0.462 e. The molecule has 0 saturated carbocycles. The number of hydrogen-bond acceptors (Lipinski definition) is 5. The molecule has 0 spiro atoms. The lowest BCUT2D eigenvalue weighted by atomic mass is 10.1. The van der Waals surface area contributed by atoms with Crippen LogP contribution in [0, 0.1) is 6.92 Å². The van der Waals surface area contributed by atoms with Crippen molar-refractivity contribution in [3.8, 4) is 0 Å². The van der Waals surface area contributed by atoms with Gasteiger partial charge in [-0.1, -0.05) is 6.07 Å². The molecule has 1 aromatic heterocycles. The molecule has 0 aliphatic rings. The molecule has 19 heavy (non-hydrogen) atoms. The third-order valence-corrected chi connectivity index (χ3v) is 2.57. The fraction of sp³-hybridized carbons (Fsp3) is 0.214. The minimum absolute atomic E-state index is 0.329. The zero-order chi connectivity index (χ0) is 13.7. The SMILES string of the molecule is CCOC(=O)c1ccc(C)c(Nc2cnccn2)c1. The average Bonchev–Trinajstić information content (AvgIpc) is 2.42. The van der Waals surface area contributed by atoms with E-state index in [9.17, 15) is 4.79 Å². The summed E-state index contributed by atoms with van der Waals surface area (Å²) < 4.78 is 4.98. The van der Waals surface area contributed by atoms with Crippen LogP contribution in [0.15, 0.2) is 36.8 Å². The highest BCUT2D eigenvalue weighted by atomic mass is 16.5. The summed E-state index contributed by atoms with van der Waals surface area (Å²) in [6.07, 6.45) is 4.83. The topological polar surface area (TPSA) is 64.1 Å². The van der Waals surface area contributed by atoms with Gasteiger partial charge in [-0.3, -0.25) is 4.98 Å². The Labute approximate surface area is 111 Å². The summed E-state index contributed by atoms with van der Waals surface area (Å²) in [4.78, 5) is 19.8. The Bertz CT molecular complexity index is 570. The number of aryl methyl sites for hydroxylation is 1. The van der Waals surface area contributed by atoms with Crippen molar-refractivity contribution in [3.63, 3.8) is 0 Å². The standard InChI is InChI=1S/C14H15N3O2/c1-3-19-14(18)11-5-4-10(2)12(8-11)17-13-9-15-6-7-16-13/h4-9H,3H2,1-2H3,(H,16,17). The quantitative estimate of drug-likeness (QED) is 0.853. The van der Waals surface area contributed by atoms with Crippen LogP contribution in [-0.4, -0.2) is 22.5 Å². The average molecular weight is 257 g/mol. The van der Waals surface area contributed by atoms with E-state index >= 15 is 0 Å². The molecular weight excluding hydrogens is 242 g/mol. The molecule has 5 heteroatoms. The summed E-state index contributed by atoms with van der Waals surface area (Å²) in [5.41, 5.74) is 2.34. The number of carbonyl (C=O) groups is 1. The van der Waals surface area contributed by atoms with Crippen LogP contribution >= 0.6 is 0 Å². The number of nitrogens with zero attached hydrogens (tertiary/aromatic N) is 2. The molecule has 2 aromatic rings. The van der Waals surface area contributed by atoms with Gasteiger partial charge in [-0.15, -0.1) is 0 Å². The van der Waals surface area contributed by atoms with Gasteiger partial charge in [0, 0.05) is 18.1 Å². The van der Waals surface area contributed by atoms with Gasteiger partial charge in [-0.2, -0.15) is 0 Å². The minimum Gasteiger partial charge on any atom is -0.462 e. The van der Waals surface area contributed by atoms with Crippen molar-refractivity contribution in [3.05, 3.63) is 47.9 Å². The molecule has 0 aliphatic carbocycles. The van der Waals surface area contributed by atoms with Crippen LogP contribution in [0.2, 0.25) is 0 Å². The van der Waals surface area contributed by atoms with E-state index in [1.54, 1.807) is 37.6 Å². The third kappa shape index (κ3) is 3.28. The van der Waals surface area contributed by atoms with E-state index in [-0.39, 0.29) is 5.97 Å². The van der Waals surface area contributed by atoms with Crippen molar-refractivity contribution in [1.29, 1.82) is 0 Å². The van der Waals surface area contributed by atoms with E-state index in [0.29, 0.717) is 18.0 Å². The van der Waals surface area contributed by atoms with Gasteiger partial charge in [0.15, 0.2) is 0 Å². The Balaban J connectivity index is 2.25. The van der Waals surface area contributed by atoms with Crippen LogP contribution < -0.4 is 5.32 Å². The lowest BCUT2D eigenvalue weighted by Crippen LogP contribution is -2.06. The van der Waals surface area contributed by atoms with Gasteiger partial charge < -0.3 is 10.1 Å². The first-order valence-corrected chi connectivity index (χ1v) is 6.01. The van der Waals surface area contributed by atoms with Crippen LogP contribution in [0.4, 0.5) is 11.5 Å². The van der Waals surface area contributed by atoms with Gasteiger partial charge in [0.1, 0.15) is 5.82 Å². The monoisotopic (exact) mass is 257 g/mol. The number of esters is 1. The lowest BCUT2D eigenvalue weighted by molar-refractivity contribution is 0.0526. The van der Waals surface area contributed by atoms with E-state index in [2.05, 4.69) is 15.3 Å². The van der Waals surface area contributed by atoms with E-state index in [1.807, 2.05) is 13.0 Å². The van der Waals surface area contributed by atoms with E-state index in [1.165, 1.54) is 0 Å². The highest BCUT2D eigenvalue weighted by Crippen LogP contribution is 2.20. The zero-order valence-corrected chi connectivity index (χ0v) is 10.9. The lowest BCUT2D eigenvalue weighted by Gasteiger charge is -2.10. The maximum absolute atomic E-state index is 11.7. The second-order valence-corrected chi connectivity index (χ2v) is 3.97. The van der Waals surface area contributed by atoms with Crippen LogP contribution in [0.5, 0.6) is 0 Å². The number of rotatable bonds is 4. The maximum Gasteiger partial charge on any atom is 0.338 e. The summed E-state index contributed by atoms with van der Waals surface area (Å²) in [7, 11) is 0. The molecule has 0 unspecified atom stereocenters. The van der Waals surface area contributed by atoms with Gasteiger partial charge in [0.2, 0.25) is 0 Å².